The minimum atomic E-state index is 0.225. The maximum Gasteiger partial charge on any atom is 0.232 e. The van der Waals surface area contributed by atoms with Gasteiger partial charge in [0.15, 0.2) is 0 Å². The van der Waals surface area contributed by atoms with Crippen molar-refractivity contribution in [1.82, 2.24) is 4.98 Å². The van der Waals surface area contributed by atoms with E-state index in [1.807, 2.05) is 0 Å². The van der Waals surface area contributed by atoms with Crippen molar-refractivity contribution in [3.8, 4) is 0 Å². The van der Waals surface area contributed by atoms with Crippen molar-refractivity contribution in [2.75, 3.05) is 0 Å². The number of nitrogens with zero attached hydrogens (tertiary/aromatic N) is 2. The summed E-state index contributed by atoms with van der Waals surface area (Å²) in [7, 11) is 0. The van der Waals surface area contributed by atoms with E-state index in [1.165, 1.54) is 6.21 Å². The van der Waals surface area contributed by atoms with Gasteiger partial charge in [-0.3, -0.25) is 4.98 Å². The van der Waals surface area contributed by atoms with Crippen LogP contribution in [0.1, 0.15) is 5.69 Å². The Balaban J connectivity index is 2.87. The largest absolute Gasteiger partial charge is 0.597 e. The fraction of sp³-hybridized carbons (Fsp3) is 0. The molecule has 0 amide bonds. The topological polar surface area (TPSA) is 65.0 Å². The first-order chi connectivity index (χ1) is 4.79. The Kier molecular flexibility index (Phi) is 1.84. The summed E-state index contributed by atoms with van der Waals surface area (Å²) < 4.78 is 0. The van der Waals surface area contributed by atoms with E-state index < -0.39 is 0 Å². The Labute approximate surface area is 58.2 Å². The van der Waals surface area contributed by atoms with Crippen molar-refractivity contribution in [3.05, 3.63) is 35.3 Å². The van der Waals surface area contributed by atoms with E-state index >= 15 is 0 Å². The maximum atomic E-state index is 10.2. The van der Waals surface area contributed by atoms with Gasteiger partial charge in [0, 0.05) is 6.20 Å². The Morgan fingerprint density at radius 2 is 2.40 bits per heavy atom. The Morgan fingerprint density at radius 1 is 1.60 bits per heavy atom. The zero-order chi connectivity index (χ0) is 7.40. The molecule has 0 fully saturated rings. The zero-order valence-corrected chi connectivity index (χ0v) is 5.27. The summed E-state index contributed by atoms with van der Waals surface area (Å²) in [4.78, 5) is 4.07. The number of pyridine rings is 1. The summed E-state index contributed by atoms with van der Waals surface area (Å²) in [6.45, 7) is 0. The molecule has 1 aromatic heterocycles. The summed E-state index contributed by atoms with van der Waals surface area (Å²) in [5, 5.41) is 10.2. The number of hydrogen-bond acceptors (Lipinski definition) is 3. The first kappa shape index (κ1) is 6.54. The second-order valence-electron chi connectivity index (χ2n) is 1.74. The number of aromatic nitrogens is 1. The number of hydrazone groups is 1. The molecule has 0 aliphatic heterocycles. The van der Waals surface area contributed by atoms with Gasteiger partial charge in [-0.15, -0.1) is 0 Å². The van der Waals surface area contributed by atoms with Gasteiger partial charge in [-0.2, -0.15) is 5.84 Å². The van der Waals surface area contributed by atoms with E-state index in [4.69, 9.17) is 5.84 Å². The molecule has 2 N–H and O–H groups in total. The molecule has 1 aromatic rings. The lowest BCUT2D eigenvalue weighted by molar-refractivity contribution is -0.464. The van der Waals surface area contributed by atoms with Crippen LogP contribution in [0.4, 0.5) is 0 Å². The van der Waals surface area contributed by atoms with Crippen molar-refractivity contribution >= 4 is 6.21 Å². The standard InChI is InChI=1S/C6H7N3O/c7-9(10)5-6-3-1-2-4-8-6/h1-5H,7H2. The molecule has 1 heterocycles. The quantitative estimate of drug-likeness (QED) is 0.193. The minimum absolute atomic E-state index is 0.225. The van der Waals surface area contributed by atoms with Crippen LogP contribution in [-0.4, -0.2) is 16.0 Å². The van der Waals surface area contributed by atoms with E-state index in [0.717, 1.165) is 0 Å². The highest BCUT2D eigenvalue weighted by Crippen LogP contribution is 1.86. The fourth-order valence-electron chi connectivity index (χ4n) is 0.583. The maximum absolute atomic E-state index is 10.2. The second kappa shape index (κ2) is 2.82. The highest BCUT2D eigenvalue weighted by atomic mass is 16.5. The summed E-state index contributed by atoms with van der Waals surface area (Å²) in [6.07, 6.45) is 2.79. The predicted molar refractivity (Wildman–Crippen MR) is 37.2 cm³/mol. The lowest BCUT2D eigenvalue weighted by Gasteiger charge is -1.91. The molecule has 4 heteroatoms. The van der Waals surface area contributed by atoms with E-state index in [0.29, 0.717) is 5.69 Å². The van der Waals surface area contributed by atoms with Gasteiger partial charge in [0.2, 0.25) is 6.21 Å². The minimum Gasteiger partial charge on any atom is -0.597 e. The Bertz CT molecular complexity index is 228. The molecule has 0 bridgehead atoms. The molecule has 0 spiro atoms. The summed E-state index contributed by atoms with van der Waals surface area (Å²) in [5.41, 5.74) is 0.556. The molecule has 0 radical (unpaired) electrons. The highest BCUT2D eigenvalue weighted by Gasteiger charge is 1.89. The average molecular weight is 137 g/mol. The van der Waals surface area contributed by atoms with Gasteiger partial charge in [-0.1, -0.05) is 10.9 Å². The Hall–Kier alpha value is -1.58. The third-order valence-electron chi connectivity index (χ3n) is 0.947. The molecule has 0 aliphatic rings. The first-order valence-electron chi connectivity index (χ1n) is 2.76. The van der Waals surface area contributed by atoms with Crippen LogP contribution >= 0.6 is 0 Å². The molecule has 1 rings (SSSR count). The van der Waals surface area contributed by atoms with Crippen LogP contribution in [0.2, 0.25) is 0 Å². The van der Waals surface area contributed by atoms with Crippen LogP contribution in [0.15, 0.2) is 24.4 Å². The van der Waals surface area contributed by atoms with Gasteiger partial charge in [-0.05, 0) is 12.1 Å². The normalized spacial score (nSPS) is 11.4. The van der Waals surface area contributed by atoms with Crippen LogP contribution in [0.5, 0.6) is 0 Å². The molecule has 0 saturated heterocycles. The number of hydrazine groups is 1. The first-order valence-corrected chi connectivity index (χ1v) is 2.76. The van der Waals surface area contributed by atoms with Crippen molar-refractivity contribution in [1.29, 1.82) is 0 Å². The fourth-order valence-corrected chi connectivity index (χ4v) is 0.583. The molecule has 0 aliphatic carbocycles. The van der Waals surface area contributed by atoms with Crippen LogP contribution in [0.25, 0.3) is 0 Å². The van der Waals surface area contributed by atoms with Gasteiger partial charge >= 0.3 is 0 Å². The highest BCUT2D eigenvalue weighted by molar-refractivity contribution is 5.72. The second-order valence-corrected chi connectivity index (χ2v) is 1.74. The third-order valence-corrected chi connectivity index (χ3v) is 0.947. The van der Waals surface area contributed by atoms with Gasteiger partial charge in [0.1, 0.15) is 5.69 Å². The van der Waals surface area contributed by atoms with E-state index in [9.17, 15) is 5.21 Å². The average Bonchev–Trinajstić information content (AvgIpc) is 1.88. The predicted octanol–water partition coefficient (Wildman–Crippen LogP) is -0.116. The molecule has 0 aromatic carbocycles. The van der Waals surface area contributed by atoms with Crippen molar-refractivity contribution < 1.29 is 4.85 Å². The number of hydrogen-bond donors (Lipinski definition) is 1. The van der Waals surface area contributed by atoms with Crippen LogP contribution in [0, 0.1) is 5.21 Å². The van der Waals surface area contributed by atoms with E-state index in [1.54, 1.807) is 24.4 Å². The van der Waals surface area contributed by atoms with Crippen molar-refractivity contribution in [2.45, 2.75) is 0 Å². The summed E-state index contributed by atoms with van der Waals surface area (Å²) in [5.74, 6) is 4.81. The SMILES string of the molecule is N[N+]([O-])=Cc1ccccn1. The van der Waals surface area contributed by atoms with Crippen LogP contribution < -0.4 is 5.84 Å². The molecular weight excluding hydrogens is 130 g/mol. The molecular formula is C6H7N3O. The van der Waals surface area contributed by atoms with Gasteiger partial charge in [0.25, 0.3) is 0 Å². The zero-order valence-electron chi connectivity index (χ0n) is 5.27. The summed E-state index contributed by atoms with van der Waals surface area (Å²) >= 11 is 0. The third kappa shape index (κ3) is 1.74. The summed E-state index contributed by atoms with van der Waals surface area (Å²) in [6, 6.07) is 5.24. The molecule has 0 unspecified atom stereocenters. The van der Waals surface area contributed by atoms with Gasteiger partial charge in [-0.25, -0.2) is 0 Å². The van der Waals surface area contributed by atoms with Crippen molar-refractivity contribution in [3.63, 3.8) is 0 Å². The molecule has 0 atom stereocenters. The lowest BCUT2D eigenvalue weighted by atomic mass is 10.4. The Morgan fingerprint density at radius 3 is 2.90 bits per heavy atom. The smallest absolute Gasteiger partial charge is 0.232 e. The molecule has 52 valence electrons. The monoisotopic (exact) mass is 137 g/mol. The number of rotatable bonds is 1. The van der Waals surface area contributed by atoms with E-state index in [-0.39, 0.29) is 4.85 Å². The lowest BCUT2D eigenvalue weighted by Crippen LogP contribution is -2.13. The van der Waals surface area contributed by atoms with Crippen LogP contribution in [-0.2, 0) is 0 Å². The van der Waals surface area contributed by atoms with Crippen LogP contribution in [0.3, 0.4) is 0 Å². The molecule has 4 nitrogen and oxygen atoms in total. The number of nitrogens with two attached hydrogens (primary N) is 1. The molecule has 0 saturated carbocycles. The van der Waals surface area contributed by atoms with Gasteiger partial charge in [0.05, 0.1) is 0 Å². The molecule has 10 heavy (non-hydrogen) atoms. The van der Waals surface area contributed by atoms with Gasteiger partial charge < -0.3 is 5.21 Å². The van der Waals surface area contributed by atoms with E-state index in [2.05, 4.69) is 4.98 Å². The van der Waals surface area contributed by atoms with Crippen molar-refractivity contribution in [2.24, 2.45) is 5.84 Å².